The number of carbonyl (C=O) groups is 1. The Labute approximate surface area is 83.8 Å². The summed E-state index contributed by atoms with van der Waals surface area (Å²) in [7, 11) is 0. The SMILES string of the molecule is Nc1nc(Cl)c(Cl)nc1COC=O. The van der Waals surface area contributed by atoms with Crippen LogP contribution in [0.5, 0.6) is 0 Å². The van der Waals surface area contributed by atoms with Gasteiger partial charge in [-0.25, -0.2) is 9.97 Å². The first-order chi connectivity index (χ1) is 6.15. The number of nitrogen functional groups attached to an aromatic ring is 1. The lowest BCUT2D eigenvalue weighted by Gasteiger charge is -2.03. The Morgan fingerprint density at radius 1 is 1.38 bits per heavy atom. The smallest absolute Gasteiger partial charge is 0.293 e. The fourth-order valence-electron chi connectivity index (χ4n) is 0.657. The molecule has 0 atom stereocenters. The van der Waals surface area contributed by atoms with Crippen molar-refractivity contribution in [1.29, 1.82) is 0 Å². The van der Waals surface area contributed by atoms with Crippen molar-refractivity contribution in [3.05, 3.63) is 16.0 Å². The molecule has 0 aliphatic carbocycles. The van der Waals surface area contributed by atoms with E-state index in [-0.39, 0.29) is 34.9 Å². The molecule has 1 heterocycles. The van der Waals surface area contributed by atoms with Crippen molar-refractivity contribution >= 4 is 35.5 Å². The Balaban J connectivity index is 2.94. The summed E-state index contributed by atoms with van der Waals surface area (Å²) in [4.78, 5) is 17.3. The first-order valence-corrected chi connectivity index (χ1v) is 3.93. The minimum atomic E-state index is -0.0702. The molecular weight excluding hydrogens is 217 g/mol. The van der Waals surface area contributed by atoms with Gasteiger partial charge in [-0.1, -0.05) is 23.2 Å². The number of hydrogen-bond donors (Lipinski definition) is 1. The Morgan fingerprint density at radius 3 is 2.62 bits per heavy atom. The molecule has 70 valence electrons. The molecule has 0 amide bonds. The lowest BCUT2D eigenvalue weighted by atomic mass is 10.4. The van der Waals surface area contributed by atoms with E-state index in [2.05, 4.69) is 14.7 Å². The molecule has 1 rings (SSSR count). The number of aromatic nitrogens is 2. The summed E-state index contributed by atoms with van der Waals surface area (Å²) < 4.78 is 4.43. The van der Waals surface area contributed by atoms with Gasteiger partial charge in [0.2, 0.25) is 0 Å². The van der Waals surface area contributed by atoms with Crippen LogP contribution in [0.3, 0.4) is 0 Å². The number of carbonyl (C=O) groups excluding carboxylic acids is 1. The Morgan fingerprint density at radius 2 is 2.00 bits per heavy atom. The van der Waals surface area contributed by atoms with Crippen molar-refractivity contribution in [2.75, 3.05) is 5.73 Å². The highest BCUT2D eigenvalue weighted by Crippen LogP contribution is 2.20. The lowest BCUT2D eigenvalue weighted by Crippen LogP contribution is -2.03. The van der Waals surface area contributed by atoms with E-state index < -0.39 is 0 Å². The summed E-state index contributed by atoms with van der Waals surface area (Å²) in [6.07, 6.45) is 0. The van der Waals surface area contributed by atoms with Gasteiger partial charge in [0, 0.05) is 0 Å². The van der Waals surface area contributed by atoms with E-state index in [1.54, 1.807) is 0 Å². The van der Waals surface area contributed by atoms with Gasteiger partial charge in [-0.15, -0.1) is 0 Å². The highest BCUT2D eigenvalue weighted by atomic mass is 35.5. The minimum Gasteiger partial charge on any atom is -0.461 e. The monoisotopic (exact) mass is 221 g/mol. The second-order valence-corrected chi connectivity index (χ2v) is 2.76. The molecule has 13 heavy (non-hydrogen) atoms. The van der Waals surface area contributed by atoms with Gasteiger partial charge in [-0.3, -0.25) is 4.79 Å². The standard InChI is InChI=1S/C6H5Cl2N3O2/c7-4-5(8)11-6(9)3(10-4)1-13-2-12/h2H,1H2,(H2,9,11). The van der Waals surface area contributed by atoms with Gasteiger partial charge in [0.05, 0.1) is 0 Å². The molecule has 0 spiro atoms. The summed E-state index contributed by atoms with van der Waals surface area (Å²) >= 11 is 11.1. The van der Waals surface area contributed by atoms with Crippen LogP contribution in [0.4, 0.5) is 5.82 Å². The zero-order valence-electron chi connectivity index (χ0n) is 6.33. The van der Waals surface area contributed by atoms with Crippen LogP contribution in [-0.4, -0.2) is 16.4 Å². The van der Waals surface area contributed by atoms with E-state index in [0.29, 0.717) is 0 Å². The van der Waals surface area contributed by atoms with Gasteiger partial charge in [0.1, 0.15) is 12.3 Å². The van der Waals surface area contributed by atoms with Crippen LogP contribution in [0.2, 0.25) is 10.3 Å². The zero-order chi connectivity index (χ0) is 9.84. The molecule has 0 bridgehead atoms. The first-order valence-electron chi connectivity index (χ1n) is 3.17. The van der Waals surface area contributed by atoms with Crippen LogP contribution < -0.4 is 5.73 Å². The lowest BCUT2D eigenvalue weighted by molar-refractivity contribution is -0.129. The van der Waals surface area contributed by atoms with Crippen molar-refractivity contribution in [3.8, 4) is 0 Å². The van der Waals surface area contributed by atoms with E-state index in [9.17, 15) is 4.79 Å². The second kappa shape index (κ2) is 4.25. The summed E-state index contributed by atoms with van der Waals surface area (Å²) in [6.45, 7) is 0.211. The first kappa shape index (κ1) is 10.0. The molecule has 0 fully saturated rings. The van der Waals surface area contributed by atoms with Crippen LogP contribution in [0.25, 0.3) is 0 Å². The molecule has 0 saturated heterocycles. The van der Waals surface area contributed by atoms with E-state index in [1.165, 1.54) is 0 Å². The maximum Gasteiger partial charge on any atom is 0.293 e. The number of nitrogens with zero attached hydrogens (tertiary/aromatic N) is 2. The van der Waals surface area contributed by atoms with Gasteiger partial charge in [-0.05, 0) is 0 Å². The maximum atomic E-state index is 9.87. The molecule has 2 N–H and O–H groups in total. The largest absolute Gasteiger partial charge is 0.461 e. The fourth-order valence-corrected chi connectivity index (χ4v) is 0.935. The summed E-state index contributed by atoms with van der Waals surface area (Å²) in [6, 6.07) is 0. The molecule has 0 aromatic carbocycles. The summed E-state index contributed by atoms with van der Waals surface area (Å²) in [5, 5.41) is 0.0504. The van der Waals surface area contributed by atoms with Crippen molar-refractivity contribution in [2.24, 2.45) is 0 Å². The van der Waals surface area contributed by atoms with E-state index in [1.807, 2.05) is 0 Å². The molecule has 0 unspecified atom stereocenters. The topological polar surface area (TPSA) is 78.1 Å². The molecule has 0 aliphatic heterocycles. The van der Waals surface area contributed by atoms with E-state index >= 15 is 0 Å². The van der Waals surface area contributed by atoms with Crippen LogP contribution in [0.15, 0.2) is 0 Å². The predicted octanol–water partition coefficient (Wildman–Crippen LogP) is 1.04. The summed E-state index contributed by atoms with van der Waals surface area (Å²) in [5.41, 5.74) is 5.70. The number of halogens is 2. The second-order valence-electron chi connectivity index (χ2n) is 2.04. The van der Waals surface area contributed by atoms with Gasteiger partial charge in [0.15, 0.2) is 16.1 Å². The fraction of sp³-hybridized carbons (Fsp3) is 0.167. The molecule has 0 radical (unpaired) electrons. The Kier molecular flexibility index (Phi) is 3.27. The van der Waals surface area contributed by atoms with Crippen molar-refractivity contribution in [2.45, 2.75) is 6.61 Å². The third kappa shape index (κ3) is 2.43. The number of nitrogens with two attached hydrogens (primary N) is 1. The van der Waals surface area contributed by atoms with Crippen LogP contribution in [-0.2, 0) is 16.1 Å². The number of ether oxygens (including phenoxy) is 1. The van der Waals surface area contributed by atoms with Crippen molar-refractivity contribution < 1.29 is 9.53 Å². The molecule has 5 nitrogen and oxygen atoms in total. The van der Waals surface area contributed by atoms with Crippen LogP contribution in [0, 0.1) is 0 Å². The van der Waals surface area contributed by atoms with Crippen LogP contribution in [0.1, 0.15) is 5.69 Å². The average Bonchev–Trinajstić information content (AvgIpc) is 2.09. The molecule has 0 saturated carbocycles. The normalized spacial score (nSPS) is 9.69. The Bertz CT molecular complexity index is 332. The van der Waals surface area contributed by atoms with Gasteiger partial charge >= 0.3 is 0 Å². The number of anilines is 1. The minimum absolute atomic E-state index is 0.0222. The van der Waals surface area contributed by atoms with E-state index in [4.69, 9.17) is 28.9 Å². The zero-order valence-corrected chi connectivity index (χ0v) is 7.84. The number of rotatable bonds is 3. The van der Waals surface area contributed by atoms with E-state index in [0.717, 1.165) is 0 Å². The highest BCUT2D eigenvalue weighted by Gasteiger charge is 2.08. The average molecular weight is 222 g/mol. The van der Waals surface area contributed by atoms with Crippen LogP contribution >= 0.6 is 23.2 Å². The Hall–Kier alpha value is -1.07. The van der Waals surface area contributed by atoms with Gasteiger partial charge < -0.3 is 10.5 Å². The summed E-state index contributed by atoms with van der Waals surface area (Å²) in [5.74, 6) is 0.0938. The molecule has 1 aromatic rings. The number of hydrogen-bond acceptors (Lipinski definition) is 5. The third-order valence-electron chi connectivity index (χ3n) is 1.21. The predicted molar refractivity (Wildman–Crippen MR) is 47.3 cm³/mol. The van der Waals surface area contributed by atoms with Gasteiger partial charge in [-0.2, -0.15) is 0 Å². The molecule has 7 heteroatoms. The highest BCUT2D eigenvalue weighted by molar-refractivity contribution is 6.40. The quantitative estimate of drug-likeness (QED) is 0.773. The maximum absolute atomic E-state index is 9.87. The van der Waals surface area contributed by atoms with Gasteiger partial charge in [0.25, 0.3) is 6.47 Å². The van der Waals surface area contributed by atoms with Crippen molar-refractivity contribution in [1.82, 2.24) is 9.97 Å². The molecule has 1 aromatic heterocycles. The van der Waals surface area contributed by atoms with Crippen molar-refractivity contribution in [3.63, 3.8) is 0 Å². The third-order valence-corrected chi connectivity index (χ3v) is 1.83. The molecule has 0 aliphatic rings. The molecular formula is C6H5Cl2N3O2.